The topological polar surface area (TPSA) is 20.2 Å². The zero-order chi connectivity index (χ0) is 9.14. The number of rotatable bonds is 0. The third-order valence-electron chi connectivity index (χ3n) is 1.57. The first-order valence-corrected chi connectivity index (χ1v) is 3.46. The van der Waals surface area contributed by atoms with Crippen molar-refractivity contribution in [2.75, 3.05) is 0 Å². The number of phenols is 1. The molecule has 0 amide bonds. The van der Waals surface area contributed by atoms with Gasteiger partial charge in [0.2, 0.25) is 0 Å². The van der Waals surface area contributed by atoms with Gasteiger partial charge in [0.05, 0.1) is 11.1 Å². The van der Waals surface area contributed by atoms with Gasteiger partial charge in [0, 0.05) is 0 Å². The number of hydrogen-bond donors (Lipinski definition) is 1. The summed E-state index contributed by atoms with van der Waals surface area (Å²) >= 11 is 0. The van der Waals surface area contributed by atoms with Crippen molar-refractivity contribution in [3.8, 4) is 30.4 Å². The van der Waals surface area contributed by atoms with Crippen LogP contribution in [0.15, 0.2) is 12.1 Å². The van der Waals surface area contributed by atoms with E-state index in [-0.39, 0.29) is 5.75 Å². The molecule has 0 unspecified atom stereocenters. The van der Waals surface area contributed by atoms with E-state index in [1.807, 2.05) is 6.92 Å². The van der Waals surface area contributed by atoms with E-state index in [0.717, 1.165) is 5.56 Å². The normalized spacial score (nSPS) is 8.58. The Kier molecular flexibility index (Phi) is 2.08. The smallest absolute Gasteiger partial charge is 0.146 e. The maximum atomic E-state index is 9.43. The molecule has 0 aliphatic heterocycles. The van der Waals surface area contributed by atoms with Crippen LogP contribution < -0.4 is 0 Å². The molecule has 0 spiro atoms. The second kappa shape index (κ2) is 3.03. The second-order valence-corrected chi connectivity index (χ2v) is 2.50. The number of terminal acetylenes is 2. The third kappa shape index (κ3) is 1.26. The van der Waals surface area contributed by atoms with Crippen LogP contribution in [0.4, 0.5) is 0 Å². The minimum Gasteiger partial charge on any atom is -0.505 e. The van der Waals surface area contributed by atoms with Crippen LogP contribution in [-0.4, -0.2) is 5.11 Å². The summed E-state index contributed by atoms with van der Waals surface area (Å²) in [5, 5.41) is 9.43. The van der Waals surface area contributed by atoms with Crippen molar-refractivity contribution < 1.29 is 5.11 Å². The molecule has 0 fully saturated rings. The average Bonchev–Trinajstić information content (AvgIpc) is 2.08. The lowest BCUT2D eigenvalue weighted by atomic mass is 10.1. The Morgan fingerprint density at radius 2 is 1.58 bits per heavy atom. The largest absolute Gasteiger partial charge is 0.505 e. The number of aryl methyl sites for hydroxylation is 1. The molecule has 0 saturated heterocycles. The lowest BCUT2D eigenvalue weighted by Crippen LogP contribution is -1.84. The van der Waals surface area contributed by atoms with E-state index < -0.39 is 0 Å². The van der Waals surface area contributed by atoms with Gasteiger partial charge in [-0.2, -0.15) is 0 Å². The fourth-order valence-corrected chi connectivity index (χ4v) is 0.999. The molecule has 0 aliphatic rings. The van der Waals surface area contributed by atoms with Crippen molar-refractivity contribution >= 4 is 0 Å². The van der Waals surface area contributed by atoms with Crippen LogP contribution >= 0.6 is 0 Å². The minimum absolute atomic E-state index is 0.0191. The van der Waals surface area contributed by atoms with E-state index in [1.165, 1.54) is 0 Å². The highest BCUT2D eigenvalue weighted by molar-refractivity contribution is 5.56. The molecule has 1 nitrogen and oxygen atoms in total. The summed E-state index contributed by atoms with van der Waals surface area (Å²) in [6.45, 7) is 1.88. The van der Waals surface area contributed by atoms with E-state index >= 15 is 0 Å². The monoisotopic (exact) mass is 156 g/mol. The van der Waals surface area contributed by atoms with E-state index in [9.17, 15) is 5.11 Å². The first-order chi connectivity index (χ1) is 5.69. The van der Waals surface area contributed by atoms with Crippen molar-refractivity contribution in [2.45, 2.75) is 6.92 Å². The summed E-state index contributed by atoms with van der Waals surface area (Å²) in [5.74, 6) is 4.75. The Hall–Kier alpha value is -1.86. The van der Waals surface area contributed by atoms with Gasteiger partial charge in [-0.1, -0.05) is 11.8 Å². The van der Waals surface area contributed by atoms with Gasteiger partial charge < -0.3 is 5.11 Å². The van der Waals surface area contributed by atoms with Crippen molar-refractivity contribution in [3.63, 3.8) is 0 Å². The Labute approximate surface area is 72.0 Å². The molecule has 58 valence electrons. The number of aromatic hydroxyl groups is 1. The predicted octanol–water partition coefficient (Wildman–Crippen LogP) is 1.66. The second-order valence-electron chi connectivity index (χ2n) is 2.50. The Balaban J connectivity index is 3.48. The fourth-order valence-electron chi connectivity index (χ4n) is 0.999. The zero-order valence-electron chi connectivity index (χ0n) is 6.76. The lowest BCUT2D eigenvalue weighted by molar-refractivity contribution is 0.472. The lowest BCUT2D eigenvalue weighted by Gasteiger charge is -2.01. The molecule has 0 atom stereocenters. The van der Waals surface area contributed by atoms with Gasteiger partial charge in [-0.3, -0.25) is 0 Å². The third-order valence-corrected chi connectivity index (χ3v) is 1.57. The van der Waals surface area contributed by atoms with Crippen LogP contribution in [-0.2, 0) is 0 Å². The van der Waals surface area contributed by atoms with Crippen LogP contribution in [0.1, 0.15) is 16.7 Å². The molecule has 1 rings (SSSR count). The van der Waals surface area contributed by atoms with Crippen molar-refractivity contribution in [3.05, 3.63) is 28.8 Å². The Bertz CT molecular complexity index is 353. The highest BCUT2D eigenvalue weighted by Crippen LogP contribution is 2.22. The summed E-state index contributed by atoms with van der Waals surface area (Å²) in [4.78, 5) is 0. The quantitative estimate of drug-likeness (QED) is 0.566. The molecular formula is C11H8O. The van der Waals surface area contributed by atoms with Gasteiger partial charge >= 0.3 is 0 Å². The van der Waals surface area contributed by atoms with Gasteiger partial charge in [-0.05, 0) is 24.6 Å². The molecule has 0 bridgehead atoms. The summed E-state index contributed by atoms with van der Waals surface area (Å²) in [6.07, 6.45) is 10.3. The van der Waals surface area contributed by atoms with Gasteiger partial charge in [-0.25, -0.2) is 0 Å². The maximum absolute atomic E-state index is 9.43. The van der Waals surface area contributed by atoms with Crippen molar-refractivity contribution in [1.82, 2.24) is 0 Å². The van der Waals surface area contributed by atoms with Crippen LogP contribution in [0.25, 0.3) is 0 Å². The molecule has 0 saturated carbocycles. The summed E-state index contributed by atoms with van der Waals surface area (Å²) < 4.78 is 0. The molecule has 1 aromatic carbocycles. The fraction of sp³-hybridized carbons (Fsp3) is 0.0909. The standard InChI is InChI=1S/C11H8O/c1-4-9-6-8(3)7-10(5-2)11(9)12/h1-2,6-7,12H,3H3. The van der Waals surface area contributed by atoms with E-state index in [2.05, 4.69) is 11.8 Å². The van der Waals surface area contributed by atoms with E-state index in [0.29, 0.717) is 11.1 Å². The SMILES string of the molecule is C#Cc1cc(C)cc(C#C)c1O. The molecule has 0 aliphatic carbocycles. The predicted molar refractivity (Wildman–Crippen MR) is 48.7 cm³/mol. The van der Waals surface area contributed by atoms with Crippen LogP contribution in [0, 0.1) is 31.6 Å². The van der Waals surface area contributed by atoms with Crippen LogP contribution in [0.5, 0.6) is 5.75 Å². The van der Waals surface area contributed by atoms with Crippen LogP contribution in [0.2, 0.25) is 0 Å². The van der Waals surface area contributed by atoms with Gasteiger partial charge in [0.15, 0.2) is 0 Å². The van der Waals surface area contributed by atoms with Crippen molar-refractivity contribution in [2.24, 2.45) is 0 Å². The van der Waals surface area contributed by atoms with Gasteiger partial charge in [0.25, 0.3) is 0 Å². The number of benzene rings is 1. The number of hydrogen-bond acceptors (Lipinski definition) is 1. The molecule has 0 radical (unpaired) electrons. The van der Waals surface area contributed by atoms with E-state index in [1.54, 1.807) is 12.1 Å². The summed E-state index contributed by atoms with van der Waals surface area (Å²) in [7, 11) is 0. The summed E-state index contributed by atoms with van der Waals surface area (Å²) in [5.41, 5.74) is 1.85. The molecule has 0 heterocycles. The van der Waals surface area contributed by atoms with E-state index in [4.69, 9.17) is 12.8 Å². The Morgan fingerprint density at radius 3 is 1.92 bits per heavy atom. The average molecular weight is 156 g/mol. The molecule has 1 heteroatoms. The molecule has 1 aromatic rings. The first-order valence-electron chi connectivity index (χ1n) is 3.46. The highest BCUT2D eigenvalue weighted by atomic mass is 16.3. The molecule has 1 N–H and O–H groups in total. The molecule has 0 aromatic heterocycles. The Morgan fingerprint density at radius 1 is 1.17 bits per heavy atom. The van der Waals surface area contributed by atoms with Gasteiger partial charge in [-0.15, -0.1) is 12.8 Å². The molecule has 12 heavy (non-hydrogen) atoms. The van der Waals surface area contributed by atoms with Gasteiger partial charge in [0.1, 0.15) is 5.75 Å². The minimum atomic E-state index is 0.0191. The summed E-state index contributed by atoms with van der Waals surface area (Å²) in [6, 6.07) is 3.44. The van der Waals surface area contributed by atoms with Crippen molar-refractivity contribution in [1.29, 1.82) is 0 Å². The highest BCUT2D eigenvalue weighted by Gasteiger charge is 2.03. The maximum Gasteiger partial charge on any atom is 0.146 e. The van der Waals surface area contributed by atoms with Crippen LogP contribution in [0.3, 0.4) is 0 Å². The molecular weight excluding hydrogens is 148 g/mol. The number of phenolic OH excluding ortho intramolecular Hbond substituents is 1. The first kappa shape index (κ1) is 8.24. The zero-order valence-corrected chi connectivity index (χ0v) is 6.76.